The molecule has 3 heteroatoms. The van der Waals surface area contributed by atoms with Crippen LogP contribution in [0.25, 0.3) is 0 Å². The van der Waals surface area contributed by atoms with Crippen LogP contribution in [0.1, 0.15) is 33.1 Å². The second-order valence-electron chi connectivity index (χ2n) is 4.47. The zero-order valence-corrected chi connectivity index (χ0v) is 9.71. The molecule has 2 atom stereocenters. The van der Waals surface area contributed by atoms with Crippen molar-refractivity contribution in [3.8, 4) is 0 Å². The average Bonchev–Trinajstić information content (AvgIpc) is 2.95. The molecule has 1 fully saturated rings. The van der Waals surface area contributed by atoms with E-state index in [-0.39, 0.29) is 11.9 Å². The monoisotopic (exact) mass is 198 g/mol. The maximum Gasteiger partial charge on any atom is 0.238 e. The van der Waals surface area contributed by atoms with Crippen molar-refractivity contribution in [2.75, 3.05) is 14.1 Å². The molecule has 0 heterocycles. The summed E-state index contributed by atoms with van der Waals surface area (Å²) in [5.74, 6) is 0.988. The second kappa shape index (κ2) is 4.78. The van der Waals surface area contributed by atoms with Gasteiger partial charge in [-0.3, -0.25) is 4.79 Å². The number of hydrogen-bond donors (Lipinski definition) is 1. The molecule has 1 rings (SSSR count). The topological polar surface area (TPSA) is 32.3 Å². The molecule has 1 aliphatic carbocycles. The van der Waals surface area contributed by atoms with E-state index in [1.165, 1.54) is 12.8 Å². The number of hydrogen-bond acceptors (Lipinski definition) is 2. The Kier molecular flexibility index (Phi) is 3.93. The number of amides is 1. The standard InChI is InChI=1S/C11H22N2O/c1-5-10(9-6-7-9)12-8(2)11(14)13(3)4/h8-10,12H,5-7H2,1-4H3. The molecule has 0 aliphatic heterocycles. The van der Waals surface area contributed by atoms with Gasteiger partial charge < -0.3 is 10.2 Å². The smallest absolute Gasteiger partial charge is 0.238 e. The first-order valence-corrected chi connectivity index (χ1v) is 5.53. The van der Waals surface area contributed by atoms with Crippen LogP contribution in [0.2, 0.25) is 0 Å². The van der Waals surface area contributed by atoms with Crippen molar-refractivity contribution in [1.82, 2.24) is 10.2 Å². The van der Waals surface area contributed by atoms with E-state index in [0.717, 1.165) is 12.3 Å². The van der Waals surface area contributed by atoms with E-state index in [0.29, 0.717) is 6.04 Å². The van der Waals surface area contributed by atoms with E-state index >= 15 is 0 Å². The molecule has 0 aromatic heterocycles. The Balaban J connectivity index is 2.37. The van der Waals surface area contributed by atoms with Crippen LogP contribution in [0.3, 0.4) is 0 Å². The summed E-state index contributed by atoms with van der Waals surface area (Å²) in [6.07, 6.45) is 3.78. The highest BCUT2D eigenvalue weighted by Crippen LogP contribution is 2.34. The summed E-state index contributed by atoms with van der Waals surface area (Å²) in [6, 6.07) is 0.490. The lowest BCUT2D eigenvalue weighted by molar-refractivity contribution is -0.130. The zero-order valence-electron chi connectivity index (χ0n) is 9.71. The van der Waals surface area contributed by atoms with Crippen LogP contribution in [-0.4, -0.2) is 37.0 Å². The molecule has 3 nitrogen and oxygen atoms in total. The summed E-state index contributed by atoms with van der Waals surface area (Å²) in [5.41, 5.74) is 0. The number of likely N-dealkylation sites (N-methyl/N-ethyl adjacent to an activating group) is 1. The highest BCUT2D eigenvalue weighted by molar-refractivity contribution is 5.80. The molecule has 1 saturated carbocycles. The molecule has 0 aromatic rings. The van der Waals surface area contributed by atoms with Crippen LogP contribution >= 0.6 is 0 Å². The van der Waals surface area contributed by atoms with Crippen LogP contribution in [0, 0.1) is 5.92 Å². The third-order valence-corrected chi connectivity index (χ3v) is 2.91. The maximum atomic E-state index is 11.6. The van der Waals surface area contributed by atoms with Gasteiger partial charge in [-0.2, -0.15) is 0 Å². The number of nitrogens with zero attached hydrogens (tertiary/aromatic N) is 1. The number of nitrogens with one attached hydrogen (secondary N) is 1. The average molecular weight is 198 g/mol. The molecule has 0 saturated heterocycles. The summed E-state index contributed by atoms with van der Waals surface area (Å²) in [6.45, 7) is 4.14. The second-order valence-corrected chi connectivity index (χ2v) is 4.47. The van der Waals surface area contributed by atoms with E-state index in [1.54, 1.807) is 19.0 Å². The maximum absolute atomic E-state index is 11.6. The number of rotatable bonds is 5. The first-order valence-electron chi connectivity index (χ1n) is 5.53. The predicted molar refractivity (Wildman–Crippen MR) is 58.1 cm³/mol. The van der Waals surface area contributed by atoms with Crippen LogP contribution < -0.4 is 5.32 Å². The quantitative estimate of drug-likeness (QED) is 0.721. The molecule has 1 N–H and O–H groups in total. The van der Waals surface area contributed by atoms with E-state index in [9.17, 15) is 4.79 Å². The van der Waals surface area contributed by atoms with Crippen LogP contribution in [-0.2, 0) is 4.79 Å². The van der Waals surface area contributed by atoms with Crippen molar-refractivity contribution in [2.45, 2.75) is 45.2 Å². The molecular weight excluding hydrogens is 176 g/mol. The first-order chi connectivity index (χ1) is 6.56. The fraction of sp³-hybridized carbons (Fsp3) is 0.909. The summed E-state index contributed by atoms with van der Waals surface area (Å²) in [4.78, 5) is 13.3. The van der Waals surface area contributed by atoms with Crippen LogP contribution in [0.15, 0.2) is 0 Å². The highest BCUT2D eigenvalue weighted by atomic mass is 16.2. The van der Waals surface area contributed by atoms with Gasteiger partial charge >= 0.3 is 0 Å². The van der Waals surface area contributed by atoms with Gasteiger partial charge in [0.1, 0.15) is 0 Å². The van der Waals surface area contributed by atoms with Gasteiger partial charge in [-0.1, -0.05) is 6.92 Å². The zero-order chi connectivity index (χ0) is 10.7. The first kappa shape index (κ1) is 11.5. The summed E-state index contributed by atoms with van der Waals surface area (Å²) < 4.78 is 0. The highest BCUT2D eigenvalue weighted by Gasteiger charge is 2.31. The summed E-state index contributed by atoms with van der Waals surface area (Å²) >= 11 is 0. The van der Waals surface area contributed by atoms with Crippen LogP contribution in [0.4, 0.5) is 0 Å². The molecule has 0 spiro atoms. The molecule has 0 bridgehead atoms. The fourth-order valence-corrected chi connectivity index (χ4v) is 1.87. The third-order valence-electron chi connectivity index (χ3n) is 2.91. The van der Waals surface area contributed by atoms with Gasteiger partial charge in [-0.25, -0.2) is 0 Å². The number of carbonyl (C=O) groups excluding carboxylic acids is 1. The van der Waals surface area contributed by atoms with Crippen molar-refractivity contribution in [3.63, 3.8) is 0 Å². The van der Waals surface area contributed by atoms with Gasteiger partial charge in [0.15, 0.2) is 0 Å². The van der Waals surface area contributed by atoms with E-state index in [4.69, 9.17) is 0 Å². The van der Waals surface area contributed by atoms with Crippen molar-refractivity contribution in [2.24, 2.45) is 5.92 Å². The SMILES string of the molecule is CCC(NC(C)C(=O)N(C)C)C1CC1. The lowest BCUT2D eigenvalue weighted by Crippen LogP contribution is -2.46. The van der Waals surface area contributed by atoms with Gasteiger partial charge in [0.25, 0.3) is 0 Å². The Morgan fingerprint density at radius 3 is 2.43 bits per heavy atom. The van der Waals surface area contributed by atoms with E-state index in [1.807, 2.05) is 6.92 Å². The van der Waals surface area contributed by atoms with Gasteiger partial charge in [-0.15, -0.1) is 0 Å². The van der Waals surface area contributed by atoms with Crippen molar-refractivity contribution in [3.05, 3.63) is 0 Å². The molecule has 1 amide bonds. The van der Waals surface area contributed by atoms with Crippen LogP contribution in [0.5, 0.6) is 0 Å². The minimum Gasteiger partial charge on any atom is -0.347 e. The molecular formula is C11H22N2O. The summed E-state index contributed by atoms with van der Waals surface area (Å²) in [7, 11) is 3.61. The Hall–Kier alpha value is -0.570. The Morgan fingerprint density at radius 2 is 2.07 bits per heavy atom. The normalized spacial score (nSPS) is 20.3. The molecule has 1 aliphatic rings. The Labute approximate surface area is 86.9 Å². The largest absolute Gasteiger partial charge is 0.347 e. The lowest BCUT2D eigenvalue weighted by Gasteiger charge is -2.23. The Bertz CT molecular complexity index is 199. The predicted octanol–water partition coefficient (Wildman–Crippen LogP) is 1.24. The summed E-state index contributed by atoms with van der Waals surface area (Å²) in [5, 5.41) is 3.42. The van der Waals surface area contributed by atoms with Crippen molar-refractivity contribution in [1.29, 1.82) is 0 Å². The van der Waals surface area contributed by atoms with Gasteiger partial charge in [0, 0.05) is 20.1 Å². The molecule has 2 unspecified atom stereocenters. The number of carbonyl (C=O) groups is 1. The van der Waals surface area contributed by atoms with E-state index in [2.05, 4.69) is 12.2 Å². The van der Waals surface area contributed by atoms with Gasteiger partial charge in [0.2, 0.25) is 5.91 Å². The third kappa shape index (κ3) is 2.98. The van der Waals surface area contributed by atoms with E-state index < -0.39 is 0 Å². The molecule has 14 heavy (non-hydrogen) atoms. The van der Waals surface area contributed by atoms with Gasteiger partial charge in [-0.05, 0) is 32.1 Å². The minimum absolute atomic E-state index is 0.0458. The molecule has 82 valence electrons. The fourth-order valence-electron chi connectivity index (χ4n) is 1.87. The minimum atomic E-state index is -0.0458. The molecule has 0 radical (unpaired) electrons. The van der Waals surface area contributed by atoms with Crippen molar-refractivity contribution < 1.29 is 4.79 Å². The Morgan fingerprint density at radius 1 is 1.50 bits per heavy atom. The van der Waals surface area contributed by atoms with Crippen molar-refractivity contribution >= 4 is 5.91 Å². The van der Waals surface area contributed by atoms with Gasteiger partial charge in [0.05, 0.1) is 6.04 Å². The molecule has 0 aromatic carbocycles. The lowest BCUT2D eigenvalue weighted by atomic mass is 10.1.